The number of rotatable bonds is 19. The van der Waals surface area contributed by atoms with Crippen molar-refractivity contribution >= 4 is 11.9 Å². The maximum atomic E-state index is 11.7. The maximum absolute atomic E-state index is 11.7. The molecule has 0 spiro atoms. The van der Waals surface area contributed by atoms with Gasteiger partial charge in [0.25, 0.3) is 0 Å². The summed E-state index contributed by atoms with van der Waals surface area (Å²) in [6.07, 6.45) is 14.9. The molecular weight excluding hydrogens is 380 g/mol. The Hall–Kier alpha value is -1.10. The summed E-state index contributed by atoms with van der Waals surface area (Å²) in [7, 11) is 0. The minimum atomic E-state index is -0.436. The zero-order chi connectivity index (χ0) is 22.7. The molecule has 0 aliphatic rings. The number of ether oxygens (including phenoxy) is 3. The molecule has 0 bridgehead atoms. The smallest absolute Gasteiger partial charge is 0.332 e. The Kier molecular flexibility index (Phi) is 18.0. The third-order valence-electron chi connectivity index (χ3n) is 4.94. The van der Waals surface area contributed by atoms with Crippen LogP contribution in [0.25, 0.3) is 0 Å². The Labute approximate surface area is 185 Å². The normalized spacial score (nSPS) is 12.6. The van der Waals surface area contributed by atoms with Crippen molar-refractivity contribution in [2.24, 2.45) is 11.3 Å². The predicted molar refractivity (Wildman–Crippen MR) is 122 cm³/mol. The van der Waals surface area contributed by atoms with E-state index in [1.54, 1.807) is 0 Å². The Bertz CT molecular complexity index is 428. The van der Waals surface area contributed by atoms with E-state index in [-0.39, 0.29) is 18.6 Å². The Morgan fingerprint density at radius 1 is 0.733 bits per heavy atom. The summed E-state index contributed by atoms with van der Waals surface area (Å²) in [5.41, 5.74) is 0.208. The summed E-state index contributed by atoms with van der Waals surface area (Å²) in [5.74, 6) is -0.561. The molecule has 0 saturated carbocycles. The van der Waals surface area contributed by atoms with E-state index in [9.17, 15) is 9.59 Å². The number of unbranched alkanes of at least 4 members (excludes halogenated alkanes) is 10. The lowest BCUT2D eigenvalue weighted by Gasteiger charge is -2.22. The second-order valence-electron chi connectivity index (χ2n) is 9.80. The maximum Gasteiger partial charge on any atom is 0.332 e. The van der Waals surface area contributed by atoms with Crippen LogP contribution < -0.4 is 0 Å². The van der Waals surface area contributed by atoms with E-state index in [2.05, 4.69) is 34.6 Å². The minimum Gasteiger partial charge on any atom is -0.464 e. The molecule has 5 heteroatoms. The second kappa shape index (κ2) is 18.7. The summed E-state index contributed by atoms with van der Waals surface area (Å²) in [6, 6.07) is 0. The van der Waals surface area contributed by atoms with Crippen molar-refractivity contribution < 1.29 is 23.8 Å². The molecule has 0 rings (SSSR count). The van der Waals surface area contributed by atoms with Crippen LogP contribution in [0.2, 0.25) is 0 Å². The Morgan fingerprint density at radius 3 is 1.70 bits per heavy atom. The van der Waals surface area contributed by atoms with Gasteiger partial charge in [-0.15, -0.1) is 0 Å². The molecule has 0 aliphatic heterocycles. The van der Waals surface area contributed by atoms with Crippen LogP contribution in [-0.2, 0) is 23.8 Å². The highest BCUT2D eigenvalue weighted by Gasteiger charge is 2.17. The van der Waals surface area contributed by atoms with Gasteiger partial charge >= 0.3 is 11.9 Å². The molecule has 0 N–H and O–H groups in total. The average molecular weight is 429 g/mol. The summed E-state index contributed by atoms with van der Waals surface area (Å²) < 4.78 is 15.4. The van der Waals surface area contributed by atoms with Gasteiger partial charge in [-0.2, -0.15) is 0 Å². The molecule has 30 heavy (non-hydrogen) atoms. The van der Waals surface area contributed by atoms with Crippen LogP contribution in [0, 0.1) is 11.3 Å². The van der Waals surface area contributed by atoms with Crippen molar-refractivity contribution in [3.63, 3.8) is 0 Å². The van der Waals surface area contributed by atoms with Gasteiger partial charge in [-0.1, -0.05) is 98.8 Å². The van der Waals surface area contributed by atoms with Gasteiger partial charge in [-0.25, -0.2) is 9.59 Å². The lowest BCUT2D eigenvalue weighted by atomic mass is 9.86. The van der Waals surface area contributed by atoms with Crippen LogP contribution in [0.4, 0.5) is 0 Å². The number of carbonyl (C=O) groups is 2. The van der Waals surface area contributed by atoms with Crippen molar-refractivity contribution in [1.82, 2.24) is 0 Å². The van der Waals surface area contributed by atoms with Crippen molar-refractivity contribution in [2.75, 3.05) is 26.4 Å². The third-order valence-corrected chi connectivity index (χ3v) is 4.94. The van der Waals surface area contributed by atoms with Gasteiger partial charge in [-0.3, -0.25) is 0 Å². The number of esters is 2. The van der Waals surface area contributed by atoms with Crippen LogP contribution in [0.3, 0.4) is 0 Å². The molecule has 0 heterocycles. The van der Waals surface area contributed by atoms with Crippen molar-refractivity contribution in [2.45, 2.75) is 112 Å². The van der Waals surface area contributed by atoms with Gasteiger partial charge in [0.1, 0.15) is 13.2 Å². The quantitative estimate of drug-likeness (QED) is 0.174. The highest BCUT2D eigenvalue weighted by Crippen LogP contribution is 2.24. The second-order valence-corrected chi connectivity index (χ2v) is 9.80. The van der Waals surface area contributed by atoms with E-state index in [1.807, 2.05) is 0 Å². The van der Waals surface area contributed by atoms with Gasteiger partial charge in [0.15, 0.2) is 0 Å². The molecule has 178 valence electrons. The fraction of sp³-hybridized carbons (Fsp3) is 0.920. The molecule has 0 aromatic carbocycles. The van der Waals surface area contributed by atoms with E-state index < -0.39 is 11.9 Å². The molecule has 0 aromatic rings. The minimum absolute atomic E-state index is 0.204. The van der Waals surface area contributed by atoms with Gasteiger partial charge < -0.3 is 14.2 Å². The first-order chi connectivity index (χ1) is 14.2. The van der Waals surface area contributed by atoms with Gasteiger partial charge in [-0.05, 0) is 24.2 Å². The topological polar surface area (TPSA) is 61.8 Å². The van der Waals surface area contributed by atoms with Crippen LogP contribution in [0.5, 0.6) is 0 Å². The van der Waals surface area contributed by atoms with Crippen LogP contribution >= 0.6 is 0 Å². The number of hydrogen-bond donors (Lipinski definition) is 0. The van der Waals surface area contributed by atoms with Crippen molar-refractivity contribution in [3.8, 4) is 0 Å². The molecule has 5 nitrogen and oxygen atoms in total. The van der Waals surface area contributed by atoms with E-state index in [0.29, 0.717) is 19.1 Å². The highest BCUT2D eigenvalue weighted by atomic mass is 16.6. The van der Waals surface area contributed by atoms with E-state index in [1.165, 1.54) is 57.8 Å². The van der Waals surface area contributed by atoms with Crippen LogP contribution in [0.1, 0.15) is 112 Å². The SMILES string of the molecule is CCCCCCCCCCCCCOC(=O)COCC(=O)OCC(C)CC(C)(C)C. The highest BCUT2D eigenvalue weighted by molar-refractivity contribution is 5.73. The zero-order valence-corrected chi connectivity index (χ0v) is 20.4. The summed E-state index contributed by atoms with van der Waals surface area (Å²) in [4.78, 5) is 23.3. The van der Waals surface area contributed by atoms with Crippen LogP contribution in [-0.4, -0.2) is 38.4 Å². The molecule has 0 saturated heterocycles. The molecule has 0 fully saturated rings. The average Bonchev–Trinajstić information content (AvgIpc) is 2.66. The molecule has 0 radical (unpaired) electrons. The fourth-order valence-electron chi connectivity index (χ4n) is 3.59. The zero-order valence-electron chi connectivity index (χ0n) is 20.4. The van der Waals surface area contributed by atoms with Gasteiger partial charge in [0.2, 0.25) is 0 Å². The Balaban J connectivity index is 3.44. The first-order valence-electron chi connectivity index (χ1n) is 12.1. The number of hydrogen-bond acceptors (Lipinski definition) is 5. The van der Waals surface area contributed by atoms with Gasteiger partial charge in [0, 0.05) is 0 Å². The first kappa shape index (κ1) is 28.9. The number of carbonyl (C=O) groups excluding carboxylic acids is 2. The van der Waals surface area contributed by atoms with E-state index in [0.717, 1.165) is 19.3 Å². The molecule has 1 unspecified atom stereocenters. The third kappa shape index (κ3) is 21.6. The van der Waals surface area contributed by atoms with Crippen molar-refractivity contribution in [3.05, 3.63) is 0 Å². The summed E-state index contributed by atoms with van der Waals surface area (Å²) in [5, 5.41) is 0. The largest absolute Gasteiger partial charge is 0.464 e. The van der Waals surface area contributed by atoms with Gasteiger partial charge in [0.05, 0.1) is 13.2 Å². The standard InChI is InChI=1S/C25H48O5/c1-6-7-8-9-10-11-12-13-14-15-16-17-29-23(26)20-28-21-24(27)30-19-22(2)18-25(3,4)5/h22H,6-21H2,1-5H3. The monoisotopic (exact) mass is 428 g/mol. The molecule has 1 atom stereocenters. The molecule has 0 amide bonds. The summed E-state index contributed by atoms with van der Waals surface area (Å²) in [6.45, 7) is 11.2. The van der Waals surface area contributed by atoms with Crippen LogP contribution in [0.15, 0.2) is 0 Å². The fourth-order valence-corrected chi connectivity index (χ4v) is 3.59. The lowest BCUT2D eigenvalue weighted by Crippen LogP contribution is -2.22. The lowest BCUT2D eigenvalue weighted by molar-refractivity contribution is -0.156. The Morgan fingerprint density at radius 2 is 1.20 bits per heavy atom. The van der Waals surface area contributed by atoms with Crippen molar-refractivity contribution in [1.29, 1.82) is 0 Å². The molecular formula is C25H48O5. The molecule has 0 aromatic heterocycles. The van der Waals surface area contributed by atoms with E-state index >= 15 is 0 Å². The van der Waals surface area contributed by atoms with E-state index in [4.69, 9.17) is 14.2 Å². The first-order valence-corrected chi connectivity index (χ1v) is 12.1. The predicted octanol–water partition coefficient (Wildman–Crippen LogP) is 6.47. The summed E-state index contributed by atoms with van der Waals surface area (Å²) >= 11 is 0. The molecule has 0 aliphatic carbocycles.